The van der Waals surface area contributed by atoms with Crippen molar-refractivity contribution in [3.8, 4) is 17.1 Å². The number of methoxy groups -OCH3 is 1. The summed E-state index contributed by atoms with van der Waals surface area (Å²) in [5, 5.41) is 9.49. The van der Waals surface area contributed by atoms with Gasteiger partial charge in [0, 0.05) is 30.0 Å². The lowest BCUT2D eigenvalue weighted by atomic mass is 10.2. The molecule has 0 N–H and O–H groups in total. The van der Waals surface area contributed by atoms with Gasteiger partial charge in [0.25, 0.3) is 0 Å². The summed E-state index contributed by atoms with van der Waals surface area (Å²) in [4.78, 5) is 13.1. The Morgan fingerprint density at radius 1 is 1.00 bits per heavy atom. The highest BCUT2D eigenvalue weighted by Crippen LogP contribution is 2.31. The minimum absolute atomic E-state index is 0.0944. The average Bonchev–Trinajstić information content (AvgIpc) is 3.38. The minimum Gasteiger partial charge on any atom is -0.496 e. The van der Waals surface area contributed by atoms with Crippen molar-refractivity contribution >= 4 is 17.5 Å². The first-order valence-corrected chi connectivity index (χ1v) is 11.9. The zero-order valence-corrected chi connectivity index (χ0v) is 20.2. The highest BCUT2D eigenvalue weighted by molar-refractivity contribution is 7.99. The molecule has 0 unspecified atom stereocenters. The molecule has 0 saturated heterocycles. The molecule has 33 heavy (non-hydrogen) atoms. The largest absolute Gasteiger partial charge is 0.496 e. The van der Waals surface area contributed by atoms with Gasteiger partial charge < -0.3 is 13.9 Å². The summed E-state index contributed by atoms with van der Waals surface area (Å²) in [6.45, 7) is 7.56. The molecule has 0 spiro atoms. The number of benzene rings is 2. The molecule has 7 heteroatoms. The first-order chi connectivity index (χ1) is 16.0. The quantitative estimate of drug-likeness (QED) is 0.247. The number of thioether (sulfide) groups is 1. The Hall–Kier alpha value is -3.32. The van der Waals surface area contributed by atoms with Gasteiger partial charge in [-0.3, -0.25) is 4.79 Å². The van der Waals surface area contributed by atoms with Crippen LogP contribution in [0.4, 0.5) is 0 Å². The number of ether oxygens (including phenoxy) is 1. The predicted molar refractivity (Wildman–Crippen MR) is 132 cm³/mol. The Labute approximate surface area is 198 Å². The molecule has 6 nitrogen and oxygen atoms in total. The molecule has 0 saturated carbocycles. The molecule has 170 valence electrons. The molecule has 0 atom stereocenters. The third kappa shape index (κ3) is 4.73. The molecule has 0 radical (unpaired) electrons. The molecule has 4 aromatic rings. The predicted octanol–water partition coefficient (Wildman–Crippen LogP) is 5.42. The standard InChI is InChI=1S/C26H28N4O2S/c1-5-29-25(21-13-9-10-14-24(21)32-4)27-28-26(29)33-17-23(31)22-15-18(2)30(19(22)3)16-20-11-7-6-8-12-20/h6-15H,5,16-17H2,1-4H3. The fourth-order valence-electron chi connectivity index (χ4n) is 4.01. The van der Waals surface area contributed by atoms with Crippen LogP contribution in [0.15, 0.2) is 65.8 Å². The van der Waals surface area contributed by atoms with Gasteiger partial charge in [-0.05, 0) is 44.5 Å². The van der Waals surface area contributed by atoms with Crippen molar-refractivity contribution in [1.29, 1.82) is 0 Å². The van der Waals surface area contributed by atoms with E-state index in [9.17, 15) is 4.79 Å². The monoisotopic (exact) mass is 460 g/mol. The first-order valence-electron chi connectivity index (χ1n) is 11.0. The number of nitrogens with zero attached hydrogens (tertiary/aromatic N) is 4. The van der Waals surface area contributed by atoms with E-state index in [0.29, 0.717) is 12.3 Å². The van der Waals surface area contributed by atoms with Gasteiger partial charge in [0.05, 0.1) is 18.4 Å². The van der Waals surface area contributed by atoms with Crippen LogP contribution in [0, 0.1) is 13.8 Å². The lowest BCUT2D eigenvalue weighted by molar-refractivity contribution is 0.102. The van der Waals surface area contributed by atoms with Crippen LogP contribution in [0.2, 0.25) is 0 Å². The first kappa shape index (κ1) is 22.9. The van der Waals surface area contributed by atoms with Gasteiger partial charge in [0.2, 0.25) is 0 Å². The molecular weight excluding hydrogens is 432 g/mol. The van der Waals surface area contributed by atoms with E-state index in [2.05, 4.69) is 26.9 Å². The fourth-order valence-corrected chi connectivity index (χ4v) is 4.90. The number of rotatable bonds is 9. The van der Waals surface area contributed by atoms with Gasteiger partial charge in [0.1, 0.15) is 5.75 Å². The number of para-hydroxylation sites is 1. The van der Waals surface area contributed by atoms with E-state index < -0.39 is 0 Å². The molecule has 0 aliphatic carbocycles. The third-order valence-electron chi connectivity index (χ3n) is 5.77. The summed E-state index contributed by atoms with van der Waals surface area (Å²) >= 11 is 1.42. The normalized spacial score (nSPS) is 11.0. The van der Waals surface area contributed by atoms with Crippen LogP contribution in [0.25, 0.3) is 11.4 Å². The Morgan fingerprint density at radius 3 is 2.45 bits per heavy atom. The number of aryl methyl sites for hydroxylation is 1. The summed E-state index contributed by atoms with van der Waals surface area (Å²) < 4.78 is 9.71. The minimum atomic E-state index is 0.0944. The van der Waals surface area contributed by atoms with Crippen molar-refractivity contribution in [2.24, 2.45) is 0 Å². The second-order valence-corrected chi connectivity index (χ2v) is 8.76. The molecule has 0 fully saturated rings. The zero-order chi connectivity index (χ0) is 23.4. The number of carbonyl (C=O) groups is 1. The lowest BCUT2D eigenvalue weighted by Crippen LogP contribution is -2.08. The van der Waals surface area contributed by atoms with Crippen LogP contribution in [-0.2, 0) is 13.1 Å². The Kier molecular flexibility index (Phi) is 6.99. The second-order valence-electron chi connectivity index (χ2n) is 7.82. The molecular formula is C26H28N4O2S. The van der Waals surface area contributed by atoms with Crippen LogP contribution in [0.3, 0.4) is 0 Å². The van der Waals surface area contributed by atoms with Crippen LogP contribution >= 0.6 is 11.8 Å². The Bertz CT molecular complexity index is 1260. The molecule has 4 rings (SSSR count). The Morgan fingerprint density at radius 2 is 1.73 bits per heavy atom. The van der Waals surface area contributed by atoms with Crippen LogP contribution in [0.1, 0.15) is 34.2 Å². The van der Waals surface area contributed by atoms with E-state index in [1.54, 1.807) is 7.11 Å². The molecule has 2 heterocycles. The van der Waals surface area contributed by atoms with E-state index >= 15 is 0 Å². The summed E-state index contributed by atoms with van der Waals surface area (Å²) in [5.74, 6) is 1.89. The maximum Gasteiger partial charge on any atom is 0.191 e. The van der Waals surface area contributed by atoms with Crippen LogP contribution in [-0.4, -0.2) is 38.0 Å². The van der Waals surface area contributed by atoms with Crippen LogP contribution in [0.5, 0.6) is 5.75 Å². The lowest BCUT2D eigenvalue weighted by Gasteiger charge is -2.11. The van der Waals surface area contributed by atoms with Gasteiger partial charge in [-0.2, -0.15) is 0 Å². The molecule has 2 aromatic carbocycles. The van der Waals surface area contributed by atoms with Crippen molar-refractivity contribution < 1.29 is 9.53 Å². The Balaban J connectivity index is 1.52. The van der Waals surface area contributed by atoms with Crippen molar-refractivity contribution in [2.45, 2.75) is 39.0 Å². The van der Waals surface area contributed by atoms with E-state index in [4.69, 9.17) is 4.74 Å². The van der Waals surface area contributed by atoms with E-state index in [1.807, 2.05) is 73.9 Å². The third-order valence-corrected chi connectivity index (χ3v) is 6.74. The van der Waals surface area contributed by atoms with E-state index in [-0.39, 0.29) is 5.78 Å². The topological polar surface area (TPSA) is 61.9 Å². The zero-order valence-electron chi connectivity index (χ0n) is 19.4. The number of aromatic nitrogens is 4. The number of carbonyl (C=O) groups excluding carboxylic acids is 1. The van der Waals surface area contributed by atoms with E-state index in [0.717, 1.165) is 45.8 Å². The number of Topliss-reactive ketones (excluding diaryl/α,β-unsaturated/α-hetero) is 1. The van der Waals surface area contributed by atoms with E-state index in [1.165, 1.54) is 17.3 Å². The maximum atomic E-state index is 13.1. The summed E-state index contributed by atoms with van der Waals surface area (Å²) in [6.07, 6.45) is 0. The smallest absolute Gasteiger partial charge is 0.191 e. The molecule has 2 aromatic heterocycles. The highest BCUT2D eigenvalue weighted by atomic mass is 32.2. The van der Waals surface area contributed by atoms with Gasteiger partial charge in [-0.1, -0.05) is 54.2 Å². The van der Waals surface area contributed by atoms with Gasteiger partial charge >= 0.3 is 0 Å². The number of ketones is 1. The molecule has 0 aliphatic heterocycles. The van der Waals surface area contributed by atoms with Gasteiger partial charge in [0.15, 0.2) is 16.8 Å². The SMILES string of the molecule is CCn1c(SCC(=O)c2cc(C)n(Cc3ccccc3)c2C)nnc1-c1ccccc1OC. The molecule has 0 amide bonds. The maximum absolute atomic E-state index is 13.1. The average molecular weight is 461 g/mol. The van der Waals surface area contributed by atoms with Gasteiger partial charge in [-0.15, -0.1) is 10.2 Å². The number of hydrogen-bond donors (Lipinski definition) is 0. The molecule has 0 aliphatic rings. The van der Waals surface area contributed by atoms with Crippen LogP contribution < -0.4 is 4.74 Å². The summed E-state index contributed by atoms with van der Waals surface area (Å²) in [7, 11) is 1.65. The summed E-state index contributed by atoms with van der Waals surface area (Å²) in [6, 6.07) is 20.0. The highest BCUT2D eigenvalue weighted by Gasteiger charge is 2.20. The van der Waals surface area contributed by atoms with Crippen molar-refractivity contribution in [1.82, 2.24) is 19.3 Å². The second kappa shape index (κ2) is 10.1. The van der Waals surface area contributed by atoms with Crippen molar-refractivity contribution in [3.63, 3.8) is 0 Å². The van der Waals surface area contributed by atoms with Crippen molar-refractivity contribution in [3.05, 3.63) is 83.2 Å². The van der Waals surface area contributed by atoms with Gasteiger partial charge in [-0.25, -0.2) is 0 Å². The number of hydrogen-bond acceptors (Lipinski definition) is 5. The summed E-state index contributed by atoms with van der Waals surface area (Å²) in [5.41, 5.74) is 4.95. The van der Waals surface area contributed by atoms with Crippen molar-refractivity contribution in [2.75, 3.05) is 12.9 Å². The molecule has 0 bridgehead atoms. The fraction of sp³-hybridized carbons (Fsp3) is 0.269.